The predicted octanol–water partition coefficient (Wildman–Crippen LogP) is 5.61. The molecule has 0 spiro atoms. The van der Waals surface area contributed by atoms with Crippen molar-refractivity contribution in [2.24, 2.45) is 0 Å². The van der Waals surface area contributed by atoms with Gasteiger partial charge < -0.3 is 15.1 Å². The van der Waals surface area contributed by atoms with Crippen LogP contribution in [-0.2, 0) is 19.3 Å². The van der Waals surface area contributed by atoms with Crippen LogP contribution in [0.25, 0.3) is 10.2 Å². The monoisotopic (exact) mass is 463 g/mol. The second-order valence-corrected chi connectivity index (χ2v) is 10.5. The van der Waals surface area contributed by atoms with Crippen LogP contribution in [0.4, 0.5) is 16.3 Å². The van der Waals surface area contributed by atoms with E-state index in [2.05, 4.69) is 43.1 Å². The van der Waals surface area contributed by atoms with Crippen molar-refractivity contribution in [3.05, 3.63) is 46.1 Å². The Morgan fingerprint density at radius 2 is 1.79 bits per heavy atom. The van der Waals surface area contributed by atoms with Crippen molar-refractivity contribution < 1.29 is 4.79 Å². The number of piperazine rings is 1. The minimum Gasteiger partial charge on any atom is -0.352 e. The van der Waals surface area contributed by atoms with Gasteiger partial charge in [-0.1, -0.05) is 32.9 Å². The van der Waals surface area contributed by atoms with Gasteiger partial charge in [0.2, 0.25) is 0 Å². The van der Waals surface area contributed by atoms with Crippen molar-refractivity contribution in [2.45, 2.75) is 58.8 Å². The Hall–Kier alpha value is -2.67. The number of fused-ring (bicyclic) bond motifs is 3. The summed E-state index contributed by atoms with van der Waals surface area (Å²) in [6, 6.07) is 8.14. The van der Waals surface area contributed by atoms with Crippen molar-refractivity contribution in [1.82, 2.24) is 14.9 Å². The number of anilines is 2. The zero-order valence-electron chi connectivity index (χ0n) is 19.9. The van der Waals surface area contributed by atoms with Gasteiger partial charge in [-0.3, -0.25) is 0 Å². The van der Waals surface area contributed by atoms with E-state index in [1.807, 2.05) is 28.4 Å². The molecule has 1 fully saturated rings. The molecule has 2 aliphatic rings. The number of nitrogens with zero attached hydrogens (tertiary/aromatic N) is 4. The third kappa shape index (κ3) is 4.43. The first-order chi connectivity index (χ1) is 16.0. The van der Waals surface area contributed by atoms with Crippen LogP contribution >= 0.6 is 11.3 Å². The summed E-state index contributed by atoms with van der Waals surface area (Å²) in [7, 11) is 0. The van der Waals surface area contributed by atoms with Crippen molar-refractivity contribution >= 4 is 39.1 Å². The van der Waals surface area contributed by atoms with E-state index in [1.54, 1.807) is 0 Å². The smallest absolute Gasteiger partial charge is 0.321 e. The average Bonchev–Trinajstić information content (AvgIpc) is 3.22. The number of hydrogen-bond donors (Lipinski definition) is 1. The van der Waals surface area contributed by atoms with Crippen LogP contribution in [0.2, 0.25) is 0 Å². The van der Waals surface area contributed by atoms with Crippen molar-refractivity contribution in [2.75, 3.05) is 36.4 Å². The lowest BCUT2D eigenvalue weighted by Crippen LogP contribution is -2.50. The molecule has 33 heavy (non-hydrogen) atoms. The van der Waals surface area contributed by atoms with Gasteiger partial charge in [0.15, 0.2) is 0 Å². The number of amides is 2. The molecule has 5 rings (SSSR count). The van der Waals surface area contributed by atoms with Crippen LogP contribution in [0.3, 0.4) is 0 Å². The van der Waals surface area contributed by atoms with Crippen LogP contribution < -0.4 is 10.2 Å². The number of carbonyl (C=O) groups is 1. The zero-order chi connectivity index (χ0) is 22.9. The molecule has 3 aromatic rings. The van der Waals surface area contributed by atoms with Gasteiger partial charge in [-0.25, -0.2) is 14.8 Å². The fourth-order valence-electron chi connectivity index (χ4n) is 4.84. The Morgan fingerprint density at radius 1 is 1.06 bits per heavy atom. The molecule has 174 valence electrons. The molecule has 2 amide bonds. The topological polar surface area (TPSA) is 61.4 Å². The van der Waals surface area contributed by atoms with E-state index in [-0.39, 0.29) is 6.03 Å². The van der Waals surface area contributed by atoms with Crippen LogP contribution in [-0.4, -0.2) is 47.1 Å². The fourth-order valence-corrected chi connectivity index (χ4v) is 6.12. The molecule has 1 saturated heterocycles. The van der Waals surface area contributed by atoms with E-state index in [9.17, 15) is 4.79 Å². The quantitative estimate of drug-likeness (QED) is 0.546. The summed E-state index contributed by atoms with van der Waals surface area (Å²) in [5.74, 6) is 2.49. The van der Waals surface area contributed by atoms with Gasteiger partial charge in [-0.15, -0.1) is 11.3 Å². The van der Waals surface area contributed by atoms with E-state index in [0.717, 1.165) is 48.1 Å². The molecule has 0 unspecified atom stereocenters. The maximum Gasteiger partial charge on any atom is 0.321 e. The Labute approximate surface area is 200 Å². The maximum absolute atomic E-state index is 12.9. The van der Waals surface area contributed by atoms with E-state index in [1.165, 1.54) is 40.7 Å². The molecular formula is C26H33N5OS. The van der Waals surface area contributed by atoms with Gasteiger partial charge >= 0.3 is 6.03 Å². The zero-order valence-corrected chi connectivity index (χ0v) is 20.7. The highest BCUT2D eigenvalue weighted by molar-refractivity contribution is 7.19. The number of thiophene rings is 1. The molecule has 1 N–H and O–H groups in total. The van der Waals surface area contributed by atoms with Crippen LogP contribution in [0.1, 0.15) is 61.4 Å². The first-order valence-electron chi connectivity index (χ1n) is 12.3. The number of aryl methyl sites for hydroxylation is 3. The summed E-state index contributed by atoms with van der Waals surface area (Å²) in [5.41, 5.74) is 3.60. The third-order valence-electron chi connectivity index (χ3n) is 6.85. The molecule has 2 aromatic heterocycles. The fraction of sp³-hybridized carbons (Fsp3) is 0.500. The number of benzene rings is 1. The maximum atomic E-state index is 12.9. The number of aromatic nitrogens is 2. The SMILES string of the molecule is CCc1nc(N2CCN(C(=O)Nc3ccc(C(C)C)cc3)CC2)c2c3c(sc2n1)CCCC3. The van der Waals surface area contributed by atoms with E-state index in [0.29, 0.717) is 19.0 Å². The molecule has 0 saturated carbocycles. The highest BCUT2D eigenvalue weighted by Gasteiger charge is 2.27. The summed E-state index contributed by atoms with van der Waals surface area (Å²) in [5, 5.41) is 4.33. The van der Waals surface area contributed by atoms with Gasteiger partial charge in [0.05, 0.1) is 5.39 Å². The molecule has 0 bridgehead atoms. The summed E-state index contributed by atoms with van der Waals surface area (Å²) in [6.07, 6.45) is 5.67. The van der Waals surface area contributed by atoms with Crippen LogP contribution in [0.15, 0.2) is 24.3 Å². The summed E-state index contributed by atoms with van der Waals surface area (Å²) in [6.45, 7) is 9.43. The molecule has 7 heteroatoms. The number of urea groups is 1. The molecule has 0 radical (unpaired) electrons. The first kappa shape index (κ1) is 22.1. The number of nitrogens with one attached hydrogen (secondary N) is 1. The predicted molar refractivity (Wildman–Crippen MR) is 137 cm³/mol. The number of carbonyl (C=O) groups excluding carboxylic acids is 1. The van der Waals surface area contributed by atoms with E-state index in [4.69, 9.17) is 9.97 Å². The Bertz CT molecular complexity index is 1150. The van der Waals surface area contributed by atoms with Crippen LogP contribution in [0.5, 0.6) is 0 Å². The minimum atomic E-state index is -0.0260. The summed E-state index contributed by atoms with van der Waals surface area (Å²) >= 11 is 1.86. The van der Waals surface area contributed by atoms with Crippen molar-refractivity contribution in [3.8, 4) is 0 Å². The van der Waals surface area contributed by atoms with Crippen LogP contribution in [0, 0.1) is 0 Å². The molecular weight excluding hydrogens is 430 g/mol. The van der Waals surface area contributed by atoms with Gasteiger partial charge in [0.1, 0.15) is 16.5 Å². The summed E-state index contributed by atoms with van der Waals surface area (Å²) in [4.78, 5) is 29.6. The Balaban J connectivity index is 1.30. The molecule has 1 aliphatic heterocycles. The average molecular weight is 464 g/mol. The minimum absolute atomic E-state index is 0.0260. The molecule has 6 nitrogen and oxygen atoms in total. The molecule has 1 aliphatic carbocycles. The van der Waals surface area contributed by atoms with E-state index >= 15 is 0 Å². The van der Waals surface area contributed by atoms with Gasteiger partial charge in [-0.05, 0) is 54.9 Å². The second kappa shape index (κ2) is 9.29. The van der Waals surface area contributed by atoms with Gasteiger partial charge in [0, 0.05) is 43.2 Å². The highest BCUT2D eigenvalue weighted by Crippen LogP contribution is 2.40. The highest BCUT2D eigenvalue weighted by atomic mass is 32.1. The lowest BCUT2D eigenvalue weighted by atomic mass is 9.97. The Morgan fingerprint density at radius 3 is 2.48 bits per heavy atom. The molecule has 3 heterocycles. The summed E-state index contributed by atoms with van der Waals surface area (Å²) < 4.78 is 0. The molecule has 1 aromatic carbocycles. The lowest BCUT2D eigenvalue weighted by Gasteiger charge is -2.36. The van der Waals surface area contributed by atoms with Crippen molar-refractivity contribution in [3.63, 3.8) is 0 Å². The van der Waals surface area contributed by atoms with Gasteiger partial charge in [-0.2, -0.15) is 0 Å². The lowest BCUT2D eigenvalue weighted by molar-refractivity contribution is 0.208. The molecule has 0 atom stereocenters. The van der Waals surface area contributed by atoms with E-state index < -0.39 is 0 Å². The normalized spacial score (nSPS) is 16.4. The third-order valence-corrected chi connectivity index (χ3v) is 8.04. The Kier molecular flexibility index (Phi) is 6.23. The number of rotatable bonds is 4. The standard InChI is InChI=1S/C26H33N5OS/c1-4-22-28-24(23-20-7-5-6-8-21(20)33-25(23)29-22)30-13-15-31(16-14-30)26(32)27-19-11-9-18(10-12-19)17(2)3/h9-12,17H,4-8,13-16H2,1-3H3,(H,27,32). The largest absolute Gasteiger partial charge is 0.352 e. The van der Waals surface area contributed by atoms with Crippen molar-refractivity contribution in [1.29, 1.82) is 0 Å². The van der Waals surface area contributed by atoms with Gasteiger partial charge in [0.25, 0.3) is 0 Å². The number of hydrogen-bond acceptors (Lipinski definition) is 5. The first-order valence-corrected chi connectivity index (χ1v) is 13.1. The second-order valence-electron chi connectivity index (χ2n) is 9.39.